The Morgan fingerprint density at radius 3 is 2.47 bits per heavy atom. The summed E-state index contributed by atoms with van der Waals surface area (Å²) in [7, 11) is 1.63. The highest BCUT2D eigenvalue weighted by Crippen LogP contribution is 2.33. The van der Waals surface area contributed by atoms with Crippen molar-refractivity contribution >= 4 is 28.5 Å². The van der Waals surface area contributed by atoms with Crippen LogP contribution in [0, 0.1) is 3.57 Å². The molecule has 0 aliphatic carbocycles. The molecule has 4 nitrogen and oxygen atoms in total. The van der Waals surface area contributed by atoms with Gasteiger partial charge in [0.2, 0.25) is 5.91 Å². The van der Waals surface area contributed by atoms with E-state index < -0.39 is 5.91 Å². The van der Waals surface area contributed by atoms with Crippen molar-refractivity contribution in [2.75, 3.05) is 20.3 Å². The van der Waals surface area contributed by atoms with Gasteiger partial charge in [-0.05, 0) is 47.1 Å². The van der Waals surface area contributed by atoms with E-state index in [2.05, 4.69) is 22.6 Å². The molecule has 0 unspecified atom stereocenters. The molecule has 0 aromatic heterocycles. The number of primary amides is 1. The smallest absolute Gasteiger partial charge is 0.249 e. The number of halogens is 1. The largest absolute Gasteiger partial charge is 0.490 e. The van der Waals surface area contributed by atoms with Crippen molar-refractivity contribution in [2.45, 2.75) is 26.7 Å². The summed E-state index contributed by atoms with van der Waals surface area (Å²) in [6, 6.07) is 1.88. The summed E-state index contributed by atoms with van der Waals surface area (Å²) < 4.78 is 11.8. The molecule has 0 aliphatic rings. The van der Waals surface area contributed by atoms with Crippen LogP contribution in [0.5, 0.6) is 5.75 Å². The molecular weight excluding hydrogens is 357 g/mol. The van der Waals surface area contributed by atoms with Gasteiger partial charge in [-0.25, -0.2) is 0 Å². The van der Waals surface area contributed by atoms with Crippen LogP contribution in [0.4, 0.5) is 0 Å². The first kappa shape index (κ1) is 16.2. The van der Waals surface area contributed by atoms with Gasteiger partial charge in [0.25, 0.3) is 0 Å². The number of amides is 1. The molecule has 19 heavy (non-hydrogen) atoms. The molecule has 0 saturated heterocycles. The van der Waals surface area contributed by atoms with Crippen LogP contribution in [0.1, 0.15) is 35.3 Å². The van der Waals surface area contributed by atoms with Crippen molar-refractivity contribution in [3.8, 4) is 5.75 Å². The highest BCUT2D eigenvalue weighted by atomic mass is 127. The van der Waals surface area contributed by atoms with Crippen LogP contribution in [0.15, 0.2) is 6.07 Å². The van der Waals surface area contributed by atoms with Gasteiger partial charge in [0.1, 0.15) is 12.4 Å². The van der Waals surface area contributed by atoms with Gasteiger partial charge in [0.05, 0.1) is 10.2 Å². The molecule has 0 atom stereocenters. The van der Waals surface area contributed by atoms with Crippen LogP contribution in [-0.4, -0.2) is 26.2 Å². The second-order valence-electron chi connectivity index (χ2n) is 4.12. The summed E-state index contributed by atoms with van der Waals surface area (Å²) in [6.07, 6.45) is 1.55. The van der Waals surface area contributed by atoms with Gasteiger partial charge in [-0.15, -0.1) is 0 Å². The first-order valence-electron chi connectivity index (χ1n) is 6.32. The molecule has 0 heterocycles. The fourth-order valence-corrected chi connectivity index (χ4v) is 2.95. The predicted octanol–water partition coefficient (Wildman–Crippen LogP) is 2.54. The zero-order chi connectivity index (χ0) is 14.4. The van der Waals surface area contributed by atoms with Gasteiger partial charge >= 0.3 is 0 Å². The molecule has 0 aliphatic heterocycles. The zero-order valence-corrected chi connectivity index (χ0v) is 13.7. The Morgan fingerprint density at radius 1 is 1.32 bits per heavy atom. The Morgan fingerprint density at radius 2 is 2.00 bits per heavy atom. The Hall–Kier alpha value is -0.820. The highest BCUT2D eigenvalue weighted by Gasteiger charge is 2.18. The number of nitrogens with two attached hydrogens (primary N) is 1. The predicted molar refractivity (Wildman–Crippen MR) is 83.8 cm³/mol. The summed E-state index contributed by atoms with van der Waals surface area (Å²) in [5.74, 6) is 0.368. The molecule has 0 fully saturated rings. The average Bonchev–Trinajstić information content (AvgIpc) is 2.39. The number of hydrogen-bond donors (Lipinski definition) is 1. The van der Waals surface area contributed by atoms with Crippen molar-refractivity contribution < 1.29 is 14.3 Å². The molecule has 1 aromatic rings. The Balaban J connectivity index is 3.29. The SMILES string of the molecule is CCc1cc(C(N)=O)c(CC)c(OCCOC)c1I. The maximum absolute atomic E-state index is 11.6. The summed E-state index contributed by atoms with van der Waals surface area (Å²) in [5, 5.41) is 0. The molecule has 106 valence electrons. The third-order valence-electron chi connectivity index (χ3n) is 2.93. The van der Waals surface area contributed by atoms with E-state index in [1.165, 1.54) is 0 Å². The van der Waals surface area contributed by atoms with E-state index in [0.29, 0.717) is 25.2 Å². The second kappa shape index (κ2) is 7.69. The number of carbonyl (C=O) groups is 1. The zero-order valence-electron chi connectivity index (χ0n) is 11.6. The molecule has 0 saturated carbocycles. The van der Waals surface area contributed by atoms with E-state index in [-0.39, 0.29) is 0 Å². The number of benzene rings is 1. The number of methoxy groups -OCH3 is 1. The van der Waals surface area contributed by atoms with Crippen LogP contribution in [0.3, 0.4) is 0 Å². The quantitative estimate of drug-likeness (QED) is 0.587. The van der Waals surface area contributed by atoms with Gasteiger partial charge < -0.3 is 15.2 Å². The van der Waals surface area contributed by atoms with Crippen molar-refractivity contribution in [3.05, 3.63) is 26.3 Å². The summed E-state index contributed by atoms with van der Waals surface area (Å²) in [5.41, 5.74) is 7.99. The Kier molecular flexibility index (Phi) is 6.57. The highest BCUT2D eigenvalue weighted by molar-refractivity contribution is 14.1. The number of rotatable bonds is 7. The Bertz CT molecular complexity index is 460. The van der Waals surface area contributed by atoms with Crippen LogP contribution in [-0.2, 0) is 17.6 Å². The van der Waals surface area contributed by atoms with E-state index in [1.807, 2.05) is 19.9 Å². The number of aryl methyl sites for hydroxylation is 1. The lowest BCUT2D eigenvalue weighted by molar-refractivity contribution is 0.0998. The van der Waals surface area contributed by atoms with E-state index in [9.17, 15) is 4.79 Å². The number of hydrogen-bond acceptors (Lipinski definition) is 3. The second-order valence-corrected chi connectivity index (χ2v) is 5.20. The average molecular weight is 377 g/mol. The fourth-order valence-electron chi connectivity index (χ4n) is 1.93. The molecule has 1 amide bonds. The molecule has 2 N–H and O–H groups in total. The minimum Gasteiger partial charge on any atom is -0.490 e. The summed E-state index contributed by atoms with van der Waals surface area (Å²) in [6.45, 7) is 5.02. The van der Waals surface area contributed by atoms with E-state index in [1.54, 1.807) is 7.11 Å². The monoisotopic (exact) mass is 377 g/mol. The van der Waals surface area contributed by atoms with Crippen LogP contribution < -0.4 is 10.5 Å². The third-order valence-corrected chi connectivity index (χ3v) is 4.12. The van der Waals surface area contributed by atoms with Crippen molar-refractivity contribution in [3.63, 3.8) is 0 Å². The lowest BCUT2D eigenvalue weighted by Crippen LogP contribution is -2.17. The Labute approximate surface area is 127 Å². The molecular formula is C14H20INO3. The molecule has 1 rings (SSSR count). The minimum atomic E-state index is -0.403. The van der Waals surface area contributed by atoms with Crippen LogP contribution in [0.2, 0.25) is 0 Å². The van der Waals surface area contributed by atoms with E-state index in [0.717, 1.165) is 26.9 Å². The normalized spacial score (nSPS) is 10.5. The lowest BCUT2D eigenvalue weighted by Gasteiger charge is -2.17. The molecule has 0 radical (unpaired) electrons. The van der Waals surface area contributed by atoms with Crippen LogP contribution in [0.25, 0.3) is 0 Å². The van der Waals surface area contributed by atoms with Gasteiger partial charge in [0.15, 0.2) is 0 Å². The van der Waals surface area contributed by atoms with Gasteiger partial charge in [-0.2, -0.15) is 0 Å². The maximum Gasteiger partial charge on any atom is 0.249 e. The molecule has 0 bridgehead atoms. The van der Waals surface area contributed by atoms with Gasteiger partial charge in [0, 0.05) is 18.2 Å². The van der Waals surface area contributed by atoms with Gasteiger partial charge in [-0.3, -0.25) is 4.79 Å². The first-order valence-corrected chi connectivity index (χ1v) is 7.40. The first-order chi connectivity index (χ1) is 9.06. The maximum atomic E-state index is 11.6. The molecule has 5 heteroatoms. The molecule has 0 spiro atoms. The summed E-state index contributed by atoms with van der Waals surface area (Å²) in [4.78, 5) is 11.6. The topological polar surface area (TPSA) is 61.6 Å². The van der Waals surface area contributed by atoms with Crippen LogP contribution >= 0.6 is 22.6 Å². The van der Waals surface area contributed by atoms with Crippen molar-refractivity contribution in [1.82, 2.24) is 0 Å². The standard InChI is InChI=1S/C14H20INO3/c1-4-9-8-11(14(16)17)10(5-2)13(12(9)15)19-7-6-18-3/h8H,4-7H2,1-3H3,(H2,16,17). The number of ether oxygens (including phenoxy) is 2. The van der Waals surface area contributed by atoms with Gasteiger partial charge in [-0.1, -0.05) is 13.8 Å². The van der Waals surface area contributed by atoms with Crippen molar-refractivity contribution in [2.24, 2.45) is 5.73 Å². The fraction of sp³-hybridized carbons (Fsp3) is 0.500. The summed E-state index contributed by atoms with van der Waals surface area (Å²) >= 11 is 2.26. The van der Waals surface area contributed by atoms with E-state index in [4.69, 9.17) is 15.2 Å². The minimum absolute atomic E-state index is 0.403. The lowest BCUT2D eigenvalue weighted by atomic mass is 9.99. The number of carbonyl (C=O) groups excluding carboxylic acids is 1. The van der Waals surface area contributed by atoms with E-state index >= 15 is 0 Å². The third kappa shape index (κ3) is 3.82. The molecule has 1 aromatic carbocycles. The van der Waals surface area contributed by atoms with Crippen molar-refractivity contribution in [1.29, 1.82) is 0 Å².